The average Bonchev–Trinajstić information content (AvgIpc) is 2.46. The molecule has 1 heterocycles. The van der Waals surface area contributed by atoms with Gasteiger partial charge in [0.25, 0.3) is 0 Å². The maximum Gasteiger partial charge on any atom is 0.330 e. The van der Waals surface area contributed by atoms with E-state index in [1.165, 1.54) is 7.11 Å². The predicted molar refractivity (Wildman–Crippen MR) is 71.9 cm³/mol. The Morgan fingerprint density at radius 1 is 1.32 bits per heavy atom. The molecule has 0 radical (unpaired) electrons. The van der Waals surface area contributed by atoms with Gasteiger partial charge in [0.1, 0.15) is 11.3 Å². The number of rotatable bonds is 1. The van der Waals surface area contributed by atoms with E-state index in [1.807, 2.05) is 36.4 Å². The Balaban J connectivity index is 2.26. The summed E-state index contributed by atoms with van der Waals surface area (Å²) in [6.45, 7) is 0.409. The molecule has 0 spiro atoms. The maximum absolute atomic E-state index is 12.0. The van der Waals surface area contributed by atoms with E-state index in [9.17, 15) is 4.79 Å². The Hall–Kier alpha value is -2.07. The van der Waals surface area contributed by atoms with E-state index >= 15 is 0 Å². The molecule has 1 aliphatic rings. The molecule has 4 heteroatoms. The minimum Gasteiger partial charge on any atom is -0.492 e. The second kappa shape index (κ2) is 4.24. The number of methoxy groups -OCH3 is 1. The first kappa shape index (κ1) is 12.0. The molecule has 0 saturated carbocycles. The van der Waals surface area contributed by atoms with Gasteiger partial charge in [0.05, 0.1) is 13.7 Å². The zero-order valence-corrected chi connectivity index (χ0v) is 10.7. The van der Waals surface area contributed by atoms with Crippen LogP contribution in [0.2, 0.25) is 0 Å². The normalized spacial score (nSPS) is 21.6. The van der Waals surface area contributed by atoms with Crippen molar-refractivity contribution in [2.45, 2.75) is 12.0 Å². The lowest BCUT2D eigenvalue weighted by Crippen LogP contribution is -2.49. The number of fused-ring (bicyclic) bond motifs is 3. The minimum atomic E-state index is -1.12. The van der Waals surface area contributed by atoms with Crippen molar-refractivity contribution >= 4 is 16.7 Å². The molecule has 1 unspecified atom stereocenters. The van der Waals surface area contributed by atoms with Crippen LogP contribution in [-0.4, -0.2) is 19.7 Å². The first-order chi connectivity index (χ1) is 9.16. The highest BCUT2D eigenvalue weighted by Crippen LogP contribution is 2.40. The van der Waals surface area contributed by atoms with Crippen molar-refractivity contribution in [3.63, 3.8) is 0 Å². The van der Waals surface area contributed by atoms with Gasteiger partial charge in [-0.05, 0) is 5.39 Å². The van der Waals surface area contributed by atoms with Crippen molar-refractivity contribution < 1.29 is 14.3 Å². The third-order valence-corrected chi connectivity index (χ3v) is 3.65. The first-order valence-corrected chi connectivity index (χ1v) is 6.19. The lowest BCUT2D eigenvalue weighted by Gasteiger charge is -2.33. The van der Waals surface area contributed by atoms with Crippen LogP contribution in [0.5, 0.6) is 5.75 Å². The Bertz CT molecular complexity index is 653. The van der Waals surface area contributed by atoms with Crippen molar-refractivity contribution in [1.29, 1.82) is 0 Å². The summed E-state index contributed by atoms with van der Waals surface area (Å²) in [6, 6.07) is 11.7. The van der Waals surface area contributed by atoms with Gasteiger partial charge in [-0.15, -0.1) is 0 Å². The number of benzene rings is 2. The number of carbonyl (C=O) groups excluding carboxylic acids is 1. The van der Waals surface area contributed by atoms with Crippen LogP contribution in [0.25, 0.3) is 10.8 Å². The Kier molecular flexibility index (Phi) is 2.68. The van der Waals surface area contributed by atoms with Crippen LogP contribution < -0.4 is 10.5 Å². The van der Waals surface area contributed by atoms with Gasteiger partial charge in [0.15, 0.2) is 0 Å². The third kappa shape index (κ3) is 1.68. The van der Waals surface area contributed by atoms with E-state index in [0.29, 0.717) is 24.3 Å². The zero-order valence-electron chi connectivity index (χ0n) is 10.7. The van der Waals surface area contributed by atoms with Gasteiger partial charge >= 0.3 is 5.97 Å². The molecule has 0 aliphatic carbocycles. The molecule has 2 aromatic rings. The molecule has 0 aromatic heterocycles. The maximum atomic E-state index is 12.0. The SMILES string of the molecule is COC(=O)C1(N)CCOc2c1ccc1ccccc21. The first-order valence-electron chi connectivity index (χ1n) is 6.19. The lowest BCUT2D eigenvalue weighted by molar-refractivity contribution is -0.148. The topological polar surface area (TPSA) is 61.5 Å². The number of hydrogen-bond donors (Lipinski definition) is 1. The fraction of sp³-hybridized carbons (Fsp3) is 0.267. The largest absolute Gasteiger partial charge is 0.492 e. The molecular weight excluding hydrogens is 242 g/mol. The third-order valence-electron chi connectivity index (χ3n) is 3.65. The second-order valence-corrected chi connectivity index (χ2v) is 4.72. The van der Waals surface area contributed by atoms with Gasteiger partial charge in [-0.3, -0.25) is 0 Å². The number of nitrogens with two attached hydrogens (primary N) is 1. The zero-order chi connectivity index (χ0) is 13.5. The predicted octanol–water partition coefficient (Wildman–Crippen LogP) is 1.95. The van der Waals surface area contributed by atoms with Crippen LogP contribution in [0.1, 0.15) is 12.0 Å². The van der Waals surface area contributed by atoms with E-state index in [4.69, 9.17) is 15.2 Å². The molecule has 2 aromatic carbocycles. The lowest BCUT2D eigenvalue weighted by atomic mass is 9.84. The van der Waals surface area contributed by atoms with Crippen LogP contribution in [0.3, 0.4) is 0 Å². The summed E-state index contributed by atoms with van der Waals surface area (Å²) < 4.78 is 10.6. The summed E-state index contributed by atoms with van der Waals surface area (Å²) in [5.74, 6) is 0.268. The van der Waals surface area contributed by atoms with Crippen molar-refractivity contribution in [1.82, 2.24) is 0 Å². The average molecular weight is 257 g/mol. The van der Waals surface area contributed by atoms with E-state index in [0.717, 1.165) is 10.8 Å². The summed E-state index contributed by atoms with van der Waals surface area (Å²) in [6.07, 6.45) is 0.422. The highest BCUT2D eigenvalue weighted by Gasteiger charge is 2.42. The molecule has 4 nitrogen and oxygen atoms in total. The second-order valence-electron chi connectivity index (χ2n) is 4.72. The Labute approximate surface area is 111 Å². The summed E-state index contributed by atoms with van der Waals surface area (Å²) in [7, 11) is 1.35. The van der Waals surface area contributed by atoms with Crippen molar-refractivity contribution in [2.75, 3.05) is 13.7 Å². The van der Waals surface area contributed by atoms with Gasteiger partial charge in [0, 0.05) is 17.4 Å². The number of ether oxygens (including phenoxy) is 2. The summed E-state index contributed by atoms with van der Waals surface area (Å²) in [5.41, 5.74) is 5.84. The van der Waals surface area contributed by atoms with Gasteiger partial charge in [0.2, 0.25) is 0 Å². The molecule has 0 fully saturated rings. The van der Waals surface area contributed by atoms with E-state index in [1.54, 1.807) is 0 Å². The van der Waals surface area contributed by atoms with Gasteiger partial charge in [-0.1, -0.05) is 36.4 Å². The highest BCUT2D eigenvalue weighted by atomic mass is 16.5. The number of hydrogen-bond acceptors (Lipinski definition) is 4. The fourth-order valence-corrected chi connectivity index (χ4v) is 2.59. The summed E-state index contributed by atoms with van der Waals surface area (Å²) in [5, 5.41) is 2.04. The van der Waals surface area contributed by atoms with E-state index in [2.05, 4.69) is 0 Å². The van der Waals surface area contributed by atoms with Crippen LogP contribution >= 0.6 is 0 Å². The monoisotopic (exact) mass is 257 g/mol. The minimum absolute atomic E-state index is 0.409. The van der Waals surface area contributed by atoms with Crippen LogP contribution in [0, 0.1) is 0 Å². The molecular formula is C15H15NO3. The Morgan fingerprint density at radius 3 is 2.89 bits per heavy atom. The van der Waals surface area contributed by atoms with Crippen molar-refractivity contribution in [2.24, 2.45) is 5.73 Å². The fourth-order valence-electron chi connectivity index (χ4n) is 2.59. The molecule has 19 heavy (non-hydrogen) atoms. The smallest absolute Gasteiger partial charge is 0.330 e. The number of esters is 1. The molecule has 0 amide bonds. The van der Waals surface area contributed by atoms with E-state index < -0.39 is 11.5 Å². The molecule has 1 atom stereocenters. The molecule has 1 aliphatic heterocycles. The molecule has 98 valence electrons. The van der Waals surface area contributed by atoms with Gasteiger partial charge in [-0.25, -0.2) is 4.79 Å². The van der Waals surface area contributed by atoms with Crippen LogP contribution in [-0.2, 0) is 15.1 Å². The summed E-state index contributed by atoms with van der Waals surface area (Å²) in [4.78, 5) is 12.0. The van der Waals surface area contributed by atoms with Gasteiger partial charge < -0.3 is 15.2 Å². The van der Waals surface area contributed by atoms with Crippen LogP contribution in [0.4, 0.5) is 0 Å². The molecule has 0 saturated heterocycles. The molecule has 2 N–H and O–H groups in total. The van der Waals surface area contributed by atoms with Crippen molar-refractivity contribution in [3.05, 3.63) is 42.0 Å². The quantitative estimate of drug-likeness (QED) is 0.793. The highest BCUT2D eigenvalue weighted by molar-refractivity contribution is 5.93. The number of carbonyl (C=O) groups is 1. The van der Waals surface area contributed by atoms with Crippen LogP contribution in [0.15, 0.2) is 36.4 Å². The van der Waals surface area contributed by atoms with Gasteiger partial charge in [-0.2, -0.15) is 0 Å². The molecule has 3 rings (SSSR count). The Morgan fingerprint density at radius 2 is 2.11 bits per heavy atom. The standard InChI is InChI=1S/C15H15NO3/c1-18-14(17)15(16)8-9-19-13-11-5-3-2-4-10(11)6-7-12(13)15/h2-7H,8-9,16H2,1H3. The summed E-state index contributed by atoms with van der Waals surface area (Å²) >= 11 is 0. The van der Waals surface area contributed by atoms with E-state index in [-0.39, 0.29) is 0 Å². The molecule has 0 bridgehead atoms. The van der Waals surface area contributed by atoms with Crippen molar-refractivity contribution in [3.8, 4) is 5.75 Å².